The first-order valence-corrected chi connectivity index (χ1v) is 10.0. The molecule has 7 heteroatoms. The summed E-state index contributed by atoms with van der Waals surface area (Å²) in [4.78, 5) is 1.74. The number of aryl methyl sites for hydroxylation is 1. The molecule has 140 valence electrons. The van der Waals surface area contributed by atoms with Crippen molar-refractivity contribution in [2.24, 2.45) is 0 Å². The van der Waals surface area contributed by atoms with Gasteiger partial charge in [-0.1, -0.05) is 18.2 Å². The lowest BCUT2D eigenvalue weighted by atomic mass is 10.2. The molecule has 2 aromatic carbocycles. The number of hydrogen-bond donors (Lipinski definition) is 1. The third kappa shape index (κ3) is 3.99. The van der Waals surface area contributed by atoms with E-state index in [-0.39, 0.29) is 17.1 Å². The minimum atomic E-state index is -4.04. The highest BCUT2D eigenvalue weighted by Crippen LogP contribution is 2.30. The van der Waals surface area contributed by atoms with Gasteiger partial charge in [-0.15, -0.1) is 0 Å². The highest BCUT2D eigenvalue weighted by atomic mass is 32.2. The number of benzene rings is 2. The Morgan fingerprint density at radius 3 is 2.46 bits per heavy atom. The molecule has 0 amide bonds. The summed E-state index contributed by atoms with van der Waals surface area (Å²) in [6.07, 6.45) is 0.0789. The van der Waals surface area contributed by atoms with E-state index in [1.165, 1.54) is 12.1 Å². The molecule has 2 aromatic rings. The van der Waals surface area contributed by atoms with Crippen LogP contribution in [0.15, 0.2) is 47.4 Å². The summed E-state index contributed by atoms with van der Waals surface area (Å²) in [5, 5.41) is 0. The van der Waals surface area contributed by atoms with Gasteiger partial charge in [0.05, 0.1) is 23.6 Å². The first-order chi connectivity index (χ1) is 12.3. The van der Waals surface area contributed by atoms with Gasteiger partial charge in [0.25, 0.3) is 10.0 Å². The standard InChI is InChI=1S/C19H23FN2O3S/c1-13-8-9-16(20)19(10-13)26(23,24)21-17-6-4-5-7-18(17)22-11-14(2)25-15(3)12-22/h4-10,14-15,21H,11-12H2,1-3H3. The van der Waals surface area contributed by atoms with Crippen LogP contribution in [0.3, 0.4) is 0 Å². The van der Waals surface area contributed by atoms with Gasteiger partial charge >= 0.3 is 0 Å². The monoisotopic (exact) mass is 378 g/mol. The van der Waals surface area contributed by atoms with Crippen LogP contribution in [0, 0.1) is 12.7 Å². The van der Waals surface area contributed by atoms with Crippen molar-refractivity contribution in [3.63, 3.8) is 0 Å². The van der Waals surface area contributed by atoms with Crippen LogP contribution in [0.25, 0.3) is 0 Å². The van der Waals surface area contributed by atoms with E-state index in [4.69, 9.17) is 4.74 Å². The van der Waals surface area contributed by atoms with Gasteiger partial charge in [-0.05, 0) is 50.6 Å². The van der Waals surface area contributed by atoms with Crippen LogP contribution in [0.2, 0.25) is 0 Å². The number of hydrogen-bond acceptors (Lipinski definition) is 4. The second-order valence-corrected chi connectivity index (χ2v) is 8.37. The molecule has 5 nitrogen and oxygen atoms in total. The highest BCUT2D eigenvalue weighted by molar-refractivity contribution is 7.92. The van der Waals surface area contributed by atoms with E-state index >= 15 is 0 Å². The number of nitrogens with zero attached hydrogens (tertiary/aromatic N) is 1. The Morgan fingerprint density at radius 2 is 1.77 bits per heavy atom. The minimum Gasteiger partial charge on any atom is -0.372 e. The van der Waals surface area contributed by atoms with Crippen molar-refractivity contribution < 1.29 is 17.5 Å². The van der Waals surface area contributed by atoms with Crippen molar-refractivity contribution in [3.05, 3.63) is 53.8 Å². The van der Waals surface area contributed by atoms with Crippen LogP contribution in [-0.4, -0.2) is 33.7 Å². The molecule has 1 aliphatic heterocycles. The fraction of sp³-hybridized carbons (Fsp3) is 0.368. The molecule has 0 aliphatic carbocycles. The third-order valence-electron chi connectivity index (χ3n) is 4.28. The van der Waals surface area contributed by atoms with Crippen molar-refractivity contribution in [2.45, 2.75) is 37.9 Å². The number of ether oxygens (including phenoxy) is 1. The van der Waals surface area contributed by atoms with Gasteiger partial charge in [-0.3, -0.25) is 4.72 Å². The summed E-state index contributed by atoms with van der Waals surface area (Å²) in [6, 6.07) is 11.2. The van der Waals surface area contributed by atoms with Gasteiger partial charge in [-0.25, -0.2) is 12.8 Å². The van der Waals surface area contributed by atoms with E-state index < -0.39 is 15.8 Å². The number of morpholine rings is 1. The van der Waals surface area contributed by atoms with Crippen LogP contribution in [0.5, 0.6) is 0 Å². The fourth-order valence-electron chi connectivity index (χ4n) is 3.23. The van der Waals surface area contributed by atoms with Gasteiger partial charge in [-0.2, -0.15) is 0 Å². The molecule has 0 radical (unpaired) electrons. The van der Waals surface area contributed by atoms with E-state index in [9.17, 15) is 12.8 Å². The molecule has 0 bridgehead atoms. The Bertz CT molecular complexity index is 891. The second kappa shape index (κ2) is 7.25. The smallest absolute Gasteiger partial charge is 0.264 e. The van der Waals surface area contributed by atoms with Crippen LogP contribution in [0.1, 0.15) is 19.4 Å². The van der Waals surface area contributed by atoms with Crippen LogP contribution in [0.4, 0.5) is 15.8 Å². The van der Waals surface area contributed by atoms with Crippen molar-refractivity contribution in [2.75, 3.05) is 22.7 Å². The zero-order chi connectivity index (χ0) is 18.9. The molecular formula is C19H23FN2O3S. The zero-order valence-electron chi connectivity index (χ0n) is 15.1. The normalized spacial score (nSPS) is 20.8. The Balaban J connectivity index is 1.94. The molecule has 1 saturated heterocycles. The molecule has 26 heavy (non-hydrogen) atoms. The summed E-state index contributed by atoms with van der Waals surface area (Å²) in [6.45, 7) is 7.00. The predicted octanol–water partition coefficient (Wildman–Crippen LogP) is 3.55. The van der Waals surface area contributed by atoms with E-state index in [0.717, 1.165) is 5.69 Å². The molecular weight excluding hydrogens is 355 g/mol. The Kier molecular flexibility index (Phi) is 5.20. The Labute approximate surface area is 153 Å². The van der Waals surface area contributed by atoms with Gasteiger partial charge in [0.2, 0.25) is 0 Å². The summed E-state index contributed by atoms with van der Waals surface area (Å²) in [7, 11) is -4.04. The van der Waals surface area contributed by atoms with E-state index in [2.05, 4.69) is 9.62 Å². The molecule has 1 aliphatic rings. The number of anilines is 2. The molecule has 0 saturated carbocycles. The predicted molar refractivity (Wildman–Crippen MR) is 101 cm³/mol. The van der Waals surface area contributed by atoms with Gasteiger partial charge in [0, 0.05) is 13.1 Å². The Hall–Kier alpha value is -2.12. The molecule has 1 fully saturated rings. The number of rotatable bonds is 4. The van der Waals surface area contributed by atoms with Gasteiger partial charge in [0.1, 0.15) is 10.7 Å². The first-order valence-electron chi connectivity index (χ1n) is 8.54. The average Bonchev–Trinajstić information content (AvgIpc) is 2.56. The van der Waals surface area contributed by atoms with E-state index in [1.54, 1.807) is 25.1 Å². The second-order valence-electron chi connectivity index (χ2n) is 6.72. The third-order valence-corrected chi connectivity index (χ3v) is 5.67. The molecule has 0 aromatic heterocycles. The van der Waals surface area contributed by atoms with E-state index in [1.807, 2.05) is 26.0 Å². The first kappa shape index (κ1) is 18.7. The highest BCUT2D eigenvalue weighted by Gasteiger charge is 2.26. The lowest BCUT2D eigenvalue weighted by Crippen LogP contribution is -2.45. The zero-order valence-corrected chi connectivity index (χ0v) is 15.9. The fourth-order valence-corrected chi connectivity index (χ4v) is 4.46. The van der Waals surface area contributed by atoms with Crippen molar-refractivity contribution >= 4 is 21.4 Å². The quantitative estimate of drug-likeness (QED) is 0.884. The largest absolute Gasteiger partial charge is 0.372 e. The molecule has 1 N–H and O–H groups in total. The molecule has 3 rings (SSSR count). The average molecular weight is 378 g/mol. The van der Waals surface area contributed by atoms with Crippen LogP contribution >= 0.6 is 0 Å². The maximum Gasteiger partial charge on any atom is 0.264 e. The summed E-state index contributed by atoms with van der Waals surface area (Å²) >= 11 is 0. The number of nitrogens with one attached hydrogen (secondary N) is 1. The molecule has 2 unspecified atom stereocenters. The Morgan fingerprint density at radius 1 is 1.12 bits per heavy atom. The summed E-state index contributed by atoms with van der Waals surface area (Å²) in [5.74, 6) is -0.769. The minimum absolute atomic E-state index is 0.0395. The van der Waals surface area contributed by atoms with Gasteiger partial charge in [0.15, 0.2) is 0 Å². The maximum absolute atomic E-state index is 14.1. The lowest BCUT2D eigenvalue weighted by molar-refractivity contribution is -0.00517. The lowest BCUT2D eigenvalue weighted by Gasteiger charge is -2.37. The van der Waals surface area contributed by atoms with Crippen LogP contribution in [-0.2, 0) is 14.8 Å². The molecule has 0 spiro atoms. The summed E-state index contributed by atoms with van der Waals surface area (Å²) < 4.78 is 47.9. The molecule has 1 heterocycles. The van der Waals surface area contributed by atoms with Gasteiger partial charge < -0.3 is 9.64 Å². The number of sulfonamides is 1. The van der Waals surface area contributed by atoms with Crippen molar-refractivity contribution in [3.8, 4) is 0 Å². The number of halogens is 1. The number of para-hydroxylation sites is 2. The SMILES string of the molecule is Cc1ccc(F)c(S(=O)(=O)Nc2ccccc2N2CC(C)OC(C)C2)c1. The van der Waals surface area contributed by atoms with Crippen molar-refractivity contribution in [1.29, 1.82) is 0 Å². The molecule has 2 atom stereocenters. The van der Waals surface area contributed by atoms with Crippen molar-refractivity contribution in [1.82, 2.24) is 0 Å². The van der Waals surface area contributed by atoms with Crippen LogP contribution < -0.4 is 9.62 Å². The maximum atomic E-state index is 14.1. The topological polar surface area (TPSA) is 58.6 Å². The van der Waals surface area contributed by atoms with E-state index in [0.29, 0.717) is 24.3 Å². The summed E-state index contributed by atoms with van der Waals surface area (Å²) in [5.41, 5.74) is 1.86.